The summed E-state index contributed by atoms with van der Waals surface area (Å²) in [6, 6.07) is 5.57. The van der Waals surface area contributed by atoms with Gasteiger partial charge in [-0.3, -0.25) is 0 Å². The third-order valence-electron chi connectivity index (χ3n) is 3.38. The van der Waals surface area contributed by atoms with E-state index < -0.39 is 10.0 Å². The Hall–Kier alpha value is -0.340. The minimum Gasteiger partial charge on any atom is -0.378 e. The van der Waals surface area contributed by atoms with Gasteiger partial charge in [-0.05, 0) is 41.1 Å². The number of hydrogen-bond acceptors (Lipinski definition) is 4. The number of nitrogens with zero attached hydrogens (tertiary/aromatic N) is 2. The number of anilines is 1. The number of sulfonamides is 1. The zero-order valence-electron chi connectivity index (χ0n) is 12.3. The Labute approximate surface area is 141 Å². The molecule has 1 aliphatic heterocycles. The lowest BCUT2D eigenvalue weighted by Crippen LogP contribution is -2.51. The summed E-state index contributed by atoms with van der Waals surface area (Å²) in [6.07, 6.45) is 0. The van der Waals surface area contributed by atoms with Crippen molar-refractivity contribution < 1.29 is 8.42 Å². The van der Waals surface area contributed by atoms with Gasteiger partial charge in [0, 0.05) is 49.9 Å². The van der Waals surface area contributed by atoms with E-state index in [4.69, 9.17) is 0 Å². The van der Waals surface area contributed by atoms with Crippen LogP contribution in [0.2, 0.25) is 0 Å². The van der Waals surface area contributed by atoms with Crippen molar-refractivity contribution in [3.8, 4) is 0 Å². The van der Waals surface area contributed by atoms with Gasteiger partial charge in [-0.15, -0.1) is 12.4 Å². The van der Waals surface area contributed by atoms with E-state index in [1.54, 1.807) is 16.4 Å². The smallest absolute Gasteiger partial charge is 0.244 e. The van der Waals surface area contributed by atoms with Crippen LogP contribution in [0.15, 0.2) is 27.6 Å². The van der Waals surface area contributed by atoms with E-state index in [2.05, 4.69) is 21.2 Å². The summed E-state index contributed by atoms with van der Waals surface area (Å²) in [5.41, 5.74) is 0.870. The molecule has 21 heavy (non-hydrogen) atoms. The normalized spacial score (nSPS) is 19.9. The number of piperazine rings is 1. The highest BCUT2D eigenvalue weighted by atomic mass is 79.9. The Balaban J connectivity index is 0.00000220. The topological polar surface area (TPSA) is 52.7 Å². The van der Waals surface area contributed by atoms with Gasteiger partial charge >= 0.3 is 0 Å². The van der Waals surface area contributed by atoms with Crippen LogP contribution in [0.4, 0.5) is 5.69 Å². The molecule has 1 saturated heterocycles. The quantitative estimate of drug-likeness (QED) is 0.845. The summed E-state index contributed by atoms with van der Waals surface area (Å²) < 4.78 is 27.7. The summed E-state index contributed by atoms with van der Waals surface area (Å²) in [5, 5.41) is 3.25. The van der Waals surface area contributed by atoms with Crippen LogP contribution in [0.1, 0.15) is 6.92 Å². The lowest BCUT2D eigenvalue weighted by atomic mass is 10.3. The second-order valence-corrected chi connectivity index (χ2v) is 7.99. The van der Waals surface area contributed by atoms with Gasteiger partial charge in [0.1, 0.15) is 0 Å². The molecule has 1 atom stereocenters. The van der Waals surface area contributed by atoms with E-state index in [9.17, 15) is 8.42 Å². The van der Waals surface area contributed by atoms with Gasteiger partial charge in [0.25, 0.3) is 0 Å². The molecule has 0 bridgehead atoms. The SMILES string of the molecule is CC1CN(S(=O)(=O)c2cc(N(C)C)ccc2Br)CCN1.Cl. The fraction of sp³-hybridized carbons (Fsp3) is 0.538. The first-order valence-electron chi connectivity index (χ1n) is 6.53. The van der Waals surface area contributed by atoms with Crippen LogP contribution < -0.4 is 10.2 Å². The largest absolute Gasteiger partial charge is 0.378 e. The van der Waals surface area contributed by atoms with Crippen molar-refractivity contribution in [1.29, 1.82) is 0 Å². The predicted molar refractivity (Wildman–Crippen MR) is 91.9 cm³/mol. The molecule has 1 heterocycles. The first-order chi connectivity index (χ1) is 9.32. The van der Waals surface area contributed by atoms with Gasteiger partial charge in [-0.2, -0.15) is 4.31 Å². The fourth-order valence-corrected chi connectivity index (χ4v) is 4.70. The standard InChI is InChI=1S/C13H20BrN3O2S.ClH/c1-10-9-17(7-6-15-10)20(18,19)13-8-11(16(2)3)4-5-12(13)14;/h4-5,8,10,15H,6-7,9H2,1-3H3;1H. The van der Waals surface area contributed by atoms with Crippen molar-refractivity contribution in [1.82, 2.24) is 9.62 Å². The van der Waals surface area contributed by atoms with E-state index in [1.807, 2.05) is 32.0 Å². The molecule has 5 nitrogen and oxygen atoms in total. The lowest BCUT2D eigenvalue weighted by molar-refractivity contribution is 0.310. The Kier molecular flexibility index (Phi) is 6.49. The van der Waals surface area contributed by atoms with Gasteiger partial charge in [-0.1, -0.05) is 0 Å². The monoisotopic (exact) mass is 397 g/mol. The molecular formula is C13H21BrClN3O2S. The molecule has 0 aliphatic carbocycles. The lowest BCUT2D eigenvalue weighted by Gasteiger charge is -2.31. The molecule has 0 spiro atoms. The van der Waals surface area contributed by atoms with Crippen LogP contribution in [0, 0.1) is 0 Å². The van der Waals surface area contributed by atoms with Crippen molar-refractivity contribution in [3.05, 3.63) is 22.7 Å². The van der Waals surface area contributed by atoms with Crippen molar-refractivity contribution in [2.24, 2.45) is 0 Å². The van der Waals surface area contributed by atoms with Crippen LogP contribution in [-0.2, 0) is 10.0 Å². The molecular weight excluding hydrogens is 378 g/mol. The van der Waals surface area contributed by atoms with Crippen molar-refractivity contribution in [2.75, 3.05) is 38.6 Å². The maximum absolute atomic E-state index is 12.8. The highest BCUT2D eigenvalue weighted by molar-refractivity contribution is 9.10. The molecule has 120 valence electrons. The Morgan fingerprint density at radius 2 is 2.05 bits per heavy atom. The first kappa shape index (κ1) is 18.7. The minimum atomic E-state index is -3.46. The average Bonchev–Trinajstić information content (AvgIpc) is 2.38. The highest BCUT2D eigenvalue weighted by Gasteiger charge is 2.30. The highest BCUT2D eigenvalue weighted by Crippen LogP contribution is 2.29. The van der Waals surface area contributed by atoms with Gasteiger partial charge in [0.15, 0.2) is 0 Å². The summed E-state index contributed by atoms with van der Waals surface area (Å²) in [4.78, 5) is 2.23. The van der Waals surface area contributed by atoms with Crippen LogP contribution in [-0.4, -0.2) is 52.5 Å². The molecule has 0 amide bonds. The third-order valence-corrected chi connectivity index (χ3v) is 6.24. The van der Waals surface area contributed by atoms with E-state index in [1.165, 1.54) is 0 Å². The van der Waals surface area contributed by atoms with E-state index in [-0.39, 0.29) is 18.4 Å². The molecule has 0 saturated carbocycles. The van der Waals surface area contributed by atoms with E-state index >= 15 is 0 Å². The van der Waals surface area contributed by atoms with Crippen LogP contribution in [0.3, 0.4) is 0 Å². The molecule has 1 aromatic rings. The summed E-state index contributed by atoms with van der Waals surface area (Å²) >= 11 is 3.36. The van der Waals surface area contributed by atoms with Crippen molar-refractivity contribution in [2.45, 2.75) is 17.9 Å². The molecule has 8 heteroatoms. The Morgan fingerprint density at radius 1 is 1.38 bits per heavy atom. The zero-order chi connectivity index (χ0) is 14.9. The zero-order valence-corrected chi connectivity index (χ0v) is 15.6. The van der Waals surface area contributed by atoms with Crippen molar-refractivity contribution in [3.63, 3.8) is 0 Å². The van der Waals surface area contributed by atoms with Gasteiger partial charge in [0.2, 0.25) is 10.0 Å². The maximum Gasteiger partial charge on any atom is 0.244 e. The number of hydrogen-bond donors (Lipinski definition) is 1. The molecule has 0 radical (unpaired) electrons. The minimum absolute atomic E-state index is 0. The van der Waals surface area contributed by atoms with E-state index in [0.717, 1.165) is 5.69 Å². The number of rotatable bonds is 3. The van der Waals surface area contributed by atoms with Crippen molar-refractivity contribution >= 4 is 44.0 Å². The predicted octanol–water partition coefficient (Wildman–Crippen LogP) is 1.92. The fourth-order valence-electron chi connectivity index (χ4n) is 2.22. The second-order valence-electron chi connectivity index (χ2n) is 5.23. The molecule has 1 aliphatic rings. The molecule has 0 aromatic heterocycles. The summed E-state index contributed by atoms with van der Waals surface area (Å²) in [5.74, 6) is 0. The van der Waals surface area contributed by atoms with Gasteiger partial charge in [0.05, 0.1) is 4.90 Å². The Morgan fingerprint density at radius 3 is 2.62 bits per heavy atom. The van der Waals surface area contributed by atoms with Gasteiger partial charge in [-0.25, -0.2) is 8.42 Å². The van der Waals surface area contributed by atoms with Crippen LogP contribution in [0.5, 0.6) is 0 Å². The Bertz CT molecular complexity index is 595. The third kappa shape index (κ3) is 4.10. The molecule has 1 N–H and O–H groups in total. The number of halogens is 2. The maximum atomic E-state index is 12.8. The van der Waals surface area contributed by atoms with E-state index in [0.29, 0.717) is 29.0 Å². The molecule has 2 rings (SSSR count). The number of benzene rings is 1. The average molecular weight is 399 g/mol. The molecule has 1 aromatic carbocycles. The molecule has 1 unspecified atom stereocenters. The summed E-state index contributed by atoms with van der Waals surface area (Å²) in [7, 11) is 0.329. The first-order valence-corrected chi connectivity index (χ1v) is 8.76. The van der Waals surface area contributed by atoms with Gasteiger partial charge < -0.3 is 10.2 Å². The van der Waals surface area contributed by atoms with Crippen LogP contribution in [0.25, 0.3) is 0 Å². The second kappa shape index (κ2) is 7.28. The molecule has 1 fully saturated rings. The summed E-state index contributed by atoms with van der Waals surface area (Å²) in [6.45, 7) is 3.69. The number of nitrogens with one attached hydrogen (secondary N) is 1. The van der Waals surface area contributed by atoms with Crippen LogP contribution >= 0.6 is 28.3 Å².